The van der Waals surface area contributed by atoms with E-state index in [9.17, 15) is 9.59 Å². The molecule has 7 heteroatoms. The van der Waals surface area contributed by atoms with Crippen LogP contribution in [0.2, 0.25) is 0 Å². The van der Waals surface area contributed by atoms with Gasteiger partial charge in [0, 0.05) is 39.7 Å². The number of nitrogens with zero attached hydrogens (tertiary/aromatic N) is 2. The summed E-state index contributed by atoms with van der Waals surface area (Å²) in [4.78, 5) is 26.7. The summed E-state index contributed by atoms with van der Waals surface area (Å²) in [7, 11) is 1.68. The van der Waals surface area contributed by atoms with E-state index >= 15 is 0 Å². The molecule has 1 fully saturated rings. The van der Waals surface area contributed by atoms with Crippen LogP contribution in [0.3, 0.4) is 0 Å². The molecule has 3 N–H and O–H groups in total. The topological polar surface area (TPSA) is 96.1 Å². The van der Waals surface area contributed by atoms with Crippen molar-refractivity contribution in [3.8, 4) is 0 Å². The molecule has 1 saturated heterocycles. The third kappa shape index (κ3) is 5.85. The molecule has 0 aliphatic carbocycles. The largest absolute Gasteiger partial charge is 0.481 e. The maximum atomic E-state index is 12.1. The molecule has 0 radical (unpaired) electrons. The van der Waals surface area contributed by atoms with Crippen LogP contribution < -0.4 is 5.73 Å². The second-order valence-electron chi connectivity index (χ2n) is 5.05. The molecule has 7 nitrogen and oxygen atoms in total. The lowest BCUT2D eigenvalue weighted by atomic mass is 10.1. The minimum Gasteiger partial charge on any atom is -0.481 e. The van der Waals surface area contributed by atoms with E-state index in [1.807, 2.05) is 0 Å². The summed E-state index contributed by atoms with van der Waals surface area (Å²) in [6.07, 6.45) is 1.03. The van der Waals surface area contributed by atoms with E-state index in [0.29, 0.717) is 19.7 Å². The average Bonchev–Trinajstić information content (AvgIpc) is 2.67. The van der Waals surface area contributed by atoms with Crippen LogP contribution in [-0.4, -0.2) is 79.3 Å². The Kier molecular flexibility index (Phi) is 7.50. The molecular formula is C13H25N3O4. The number of amides is 1. The number of rotatable bonds is 7. The van der Waals surface area contributed by atoms with E-state index in [0.717, 1.165) is 26.1 Å². The van der Waals surface area contributed by atoms with Crippen LogP contribution in [0.25, 0.3) is 0 Å². The van der Waals surface area contributed by atoms with Gasteiger partial charge >= 0.3 is 5.97 Å². The molecule has 0 bridgehead atoms. The zero-order valence-corrected chi connectivity index (χ0v) is 12.1. The number of carbonyl (C=O) groups is 2. The molecule has 116 valence electrons. The first kappa shape index (κ1) is 16.9. The molecule has 0 aromatic rings. The Balaban J connectivity index is 2.39. The third-order valence-electron chi connectivity index (χ3n) is 3.50. The van der Waals surface area contributed by atoms with Crippen LogP contribution in [0.15, 0.2) is 0 Å². The Morgan fingerprint density at radius 2 is 2.05 bits per heavy atom. The quantitative estimate of drug-likeness (QED) is 0.646. The lowest BCUT2D eigenvalue weighted by Gasteiger charge is -2.24. The van der Waals surface area contributed by atoms with E-state index in [2.05, 4.69) is 4.90 Å². The van der Waals surface area contributed by atoms with Gasteiger partial charge in [0.2, 0.25) is 5.91 Å². The van der Waals surface area contributed by atoms with Crippen molar-refractivity contribution in [1.29, 1.82) is 0 Å². The summed E-state index contributed by atoms with van der Waals surface area (Å²) < 4.78 is 5.05. The highest BCUT2D eigenvalue weighted by Crippen LogP contribution is 2.07. The standard InChI is InChI=1S/C13H25N3O4/c1-20-10-9-15-5-2-6-16(8-7-15)13(19)11(14)3-4-12(17)18/h11H,2-10,14H2,1H3,(H,17,18). The van der Waals surface area contributed by atoms with Crippen LogP contribution >= 0.6 is 0 Å². The number of aliphatic carboxylic acids is 1. The summed E-state index contributed by atoms with van der Waals surface area (Å²) in [5, 5.41) is 8.62. The van der Waals surface area contributed by atoms with Gasteiger partial charge in [-0.15, -0.1) is 0 Å². The minimum atomic E-state index is -0.921. The summed E-state index contributed by atoms with van der Waals surface area (Å²) in [5.74, 6) is -1.06. The van der Waals surface area contributed by atoms with Gasteiger partial charge in [0.25, 0.3) is 0 Å². The number of hydrogen-bond donors (Lipinski definition) is 2. The van der Waals surface area contributed by atoms with Crippen molar-refractivity contribution < 1.29 is 19.4 Å². The SMILES string of the molecule is COCCN1CCCN(C(=O)C(N)CCC(=O)O)CC1. The summed E-state index contributed by atoms with van der Waals surface area (Å²) in [6, 6.07) is -0.711. The highest BCUT2D eigenvalue weighted by Gasteiger charge is 2.23. The zero-order valence-electron chi connectivity index (χ0n) is 12.1. The molecule has 20 heavy (non-hydrogen) atoms. The number of nitrogens with two attached hydrogens (primary N) is 1. The molecule has 1 atom stereocenters. The summed E-state index contributed by atoms with van der Waals surface area (Å²) in [5.41, 5.74) is 5.77. The fourth-order valence-corrected chi connectivity index (χ4v) is 2.27. The number of hydrogen-bond acceptors (Lipinski definition) is 5. The van der Waals surface area contributed by atoms with E-state index in [1.54, 1.807) is 12.0 Å². The molecule has 0 aromatic heterocycles. The monoisotopic (exact) mass is 287 g/mol. The fraction of sp³-hybridized carbons (Fsp3) is 0.846. The molecule has 1 heterocycles. The van der Waals surface area contributed by atoms with Gasteiger partial charge in [0.05, 0.1) is 12.6 Å². The predicted octanol–water partition coefficient (Wildman–Crippen LogP) is -0.641. The number of carboxylic acids is 1. The van der Waals surface area contributed by atoms with Gasteiger partial charge in [0.1, 0.15) is 0 Å². The van der Waals surface area contributed by atoms with Crippen molar-refractivity contribution in [3.05, 3.63) is 0 Å². The Hall–Kier alpha value is -1.18. The predicted molar refractivity (Wildman–Crippen MR) is 74.4 cm³/mol. The maximum Gasteiger partial charge on any atom is 0.303 e. The van der Waals surface area contributed by atoms with Crippen molar-refractivity contribution in [2.75, 3.05) is 46.4 Å². The molecule has 1 amide bonds. The summed E-state index contributed by atoms with van der Waals surface area (Å²) >= 11 is 0. The van der Waals surface area contributed by atoms with E-state index in [1.165, 1.54) is 0 Å². The first-order chi connectivity index (χ1) is 9.54. The van der Waals surface area contributed by atoms with E-state index < -0.39 is 12.0 Å². The van der Waals surface area contributed by atoms with Gasteiger partial charge in [-0.2, -0.15) is 0 Å². The molecule has 1 aliphatic rings. The second-order valence-corrected chi connectivity index (χ2v) is 5.05. The van der Waals surface area contributed by atoms with Crippen molar-refractivity contribution in [1.82, 2.24) is 9.80 Å². The molecule has 0 spiro atoms. The lowest BCUT2D eigenvalue weighted by Crippen LogP contribution is -2.45. The van der Waals surface area contributed by atoms with Crippen molar-refractivity contribution in [3.63, 3.8) is 0 Å². The highest BCUT2D eigenvalue weighted by atomic mass is 16.5. The smallest absolute Gasteiger partial charge is 0.303 e. The molecular weight excluding hydrogens is 262 g/mol. The molecule has 0 saturated carbocycles. The van der Waals surface area contributed by atoms with Gasteiger partial charge in [-0.25, -0.2) is 0 Å². The van der Waals surface area contributed by atoms with E-state index in [-0.39, 0.29) is 18.7 Å². The Bertz CT molecular complexity index is 325. The number of carboxylic acid groups (broad SMARTS) is 1. The molecule has 1 aliphatic heterocycles. The van der Waals surface area contributed by atoms with Gasteiger partial charge in [-0.05, 0) is 19.4 Å². The van der Waals surface area contributed by atoms with Crippen LogP contribution in [-0.2, 0) is 14.3 Å². The van der Waals surface area contributed by atoms with E-state index in [4.69, 9.17) is 15.6 Å². The van der Waals surface area contributed by atoms with Gasteiger partial charge in [-0.3, -0.25) is 14.5 Å². The average molecular weight is 287 g/mol. The molecule has 1 rings (SSSR count). The Labute approximate surface area is 119 Å². The zero-order chi connectivity index (χ0) is 15.0. The van der Waals surface area contributed by atoms with Crippen LogP contribution in [0.5, 0.6) is 0 Å². The summed E-state index contributed by atoms with van der Waals surface area (Å²) in [6.45, 7) is 4.63. The number of ether oxygens (including phenoxy) is 1. The van der Waals surface area contributed by atoms with Crippen LogP contribution in [0.4, 0.5) is 0 Å². The number of carbonyl (C=O) groups excluding carboxylic acids is 1. The van der Waals surface area contributed by atoms with Gasteiger partial charge < -0.3 is 20.5 Å². The highest BCUT2D eigenvalue weighted by molar-refractivity contribution is 5.82. The van der Waals surface area contributed by atoms with Crippen molar-refractivity contribution >= 4 is 11.9 Å². The van der Waals surface area contributed by atoms with Crippen molar-refractivity contribution in [2.45, 2.75) is 25.3 Å². The first-order valence-electron chi connectivity index (χ1n) is 7.02. The van der Waals surface area contributed by atoms with Gasteiger partial charge in [-0.1, -0.05) is 0 Å². The van der Waals surface area contributed by atoms with Gasteiger partial charge in [0.15, 0.2) is 0 Å². The third-order valence-corrected chi connectivity index (χ3v) is 3.50. The minimum absolute atomic E-state index is 0.0687. The Morgan fingerprint density at radius 3 is 2.70 bits per heavy atom. The molecule has 0 aromatic carbocycles. The van der Waals surface area contributed by atoms with Crippen molar-refractivity contribution in [2.24, 2.45) is 5.73 Å². The normalized spacial score (nSPS) is 18.6. The van der Waals surface area contributed by atoms with Crippen LogP contribution in [0, 0.1) is 0 Å². The molecule has 1 unspecified atom stereocenters. The second kappa shape index (κ2) is 8.89. The fourth-order valence-electron chi connectivity index (χ4n) is 2.27. The van der Waals surface area contributed by atoms with Crippen LogP contribution in [0.1, 0.15) is 19.3 Å². The lowest BCUT2D eigenvalue weighted by molar-refractivity contribution is -0.137. The number of methoxy groups -OCH3 is 1. The maximum absolute atomic E-state index is 12.1. The Morgan fingerprint density at radius 1 is 1.30 bits per heavy atom. The first-order valence-corrected chi connectivity index (χ1v) is 7.02.